The Morgan fingerprint density at radius 3 is 2.82 bits per heavy atom. The minimum absolute atomic E-state index is 0.239. The van der Waals surface area contributed by atoms with Gasteiger partial charge >= 0.3 is 0 Å². The molecule has 0 aliphatic heterocycles. The van der Waals surface area contributed by atoms with Gasteiger partial charge in [0.25, 0.3) is 0 Å². The smallest absolute Gasteiger partial charge is 0.165 e. The molecule has 0 saturated carbocycles. The van der Waals surface area contributed by atoms with Crippen LogP contribution in [0, 0.1) is 5.82 Å². The number of pyridine rings is 1. The molecule has 1 aromatic carbocycles. The minimum Gasteiger partial charge on any atom is -0.494 e. The van der Waals surface area contributed by atoms with Crippen molar-refractivity contribution in [3.05, 3.63) is 53.6 Å². The number of hydrogen-bond donors (Lipinski definition) is 1. The lowest BCUT2D eigenvalue weighted by Gasteiger charge is -2.06. The van der Waals surface area contributed by atoms with Crippen molar-refractivity contribution in [3.8, 4) is 5.75 Å². The van der Waals surface area contributed by atoms with Crippen LogP contribution in [0.1, 0.15) is 11.3 Å². The minimum atomic E-state index is -0.375. The average Bonchev–Trinajstić information content (AvgIpc) is 2.32. The van der Waals surface area contributed by atoms with Crippen LogP contribution in [0.4, 0.5) is 10.1 Å². The molecule has 0 bridgehead atoms. The van der Waals surface area contributed by atoms with E-state index in [2.05, 4.69) is 4.98 Å². The summed E-state index contributed by atoms with van der Waals surface area (Å²) < 4.78 is 18.3. The molecule has 3 nitrogen and oxygen atoms in total. The Kier molecular flexibility index (Phi) is 3.23. The van der Waals surface area contributed by atoms with Gasteiger partial charge in [0.15, 0.2) is 11.6 Å². The first-order valence-corrected chi connectivity index (χ1v) is 5.22. The zero-order valence-corrected chi connectivity index (χ0v) is 9.48. The van der Waals surface area contributed by atoms with Gasteiger partial charge in [-0.1, -0.05) is 6.07 Å². The van der Waals surface area contributed by atoms with E-state index in [4.69, 9.17) is 10.5 Å². The van der Waals surface area contributed by atoms with E-state index < -0.39 is 0 Å². The van der Waals surface area contributed by atoms with E-state index >= 15 is 0 Å². The van der Waals surface area contributed by atoms with E-state index in [0.29, 0.717) is 12.1 Å². The molecule has 0 saturated heterocycles. The standard InChI is InChI=1S/C13H13FN2O/c1-17-13-5-4-9(7-10(13)14)8-12-11(15)3-2-6-16-12/h2-7H,8,15H2,1H3. The third-order valence-corrected chi connectivity index (χ3v) is 2.51. The van der Waals surface area contributed by atoms with Gasteiger partial charge in [0.1, 0.15) is 0 Å². The molecule has 0 radical (unpaired) electrons. The van der Waals surface area contributed by atoms with E-state index in [9.17, 15) is 4.39 Å². The maximum Gasteiger partial charge on any atom is 0.165 e. The van der Waals surface area contributed by atoms with Crippen molar-refractivity contribution in [1.82, 2.24) is 4.98 Å². The molecule has 0 amide bonds. The number of nitrogens with two attached hydrogens (primary N) is 1. The van der Waals surface area contributed by atoms with Crippen molar-refractivity contribution in [1.29, 1.82) is 0 Å². The summed E-state index contributed by atoms with van der Waals surface area (Å²) in [5.74, 6) is -0.137. The number of ether oxygens (including phenoxy) is 1. The zero-order chi connectivity index (χ0) is 12.3. The highest BCUT2D eigenvalue weighted by Crippen LogP contribution is 2.20. The molecule has 1 aromatic heterocycles. The van der Waals surface area contributed by atoms with Gasteiger partial charge < -0.3 is 10.5 Å². The molecule has 0 spiro atoms. The monoisotopic (exact) mass is 232 g/mol. The van der Waals surface area contributed by atoms with Gasteiger partial charge in [-0.2, -0.15) is 0 Å². The summed E-state index contributed by atoms with van der Waals surface area (Å²) in [5.41, 5.74) is 7.96. The maximum atomic E-state index is 13.5. The normalized spacial score (nSPS) is 10.2. The molecular formula is C13H13FN2O. The SMILES string of the molecule is COc1ccc(Cc2ncccc2N)cc1F. The summed E-state index contributed by atoms with van der Waals surface area (Å²) in [4.78, 5) is 4.17. The second kappa shape index (κ2) is 4.82. The lowest BCUT2D eigenvalue weighted by atomic mass is 10.1. The predicted octanol–water partition coefficient (Wildman–Crippen LogP) is 2.40. The number of halogens is 1. The molecule has 2 rings (SSSR count). The van der Waals surface area contributed by atoms with Gasteiger partial charge in [-0.3, -0.25) is 4.98 Å². The molecule has 0 aliphatic rings. The molecule has 17 heavy (non-hydrogen) atoms. The predicted molar refractivity (Wildman–Crippen MR) is 64.4 cm³/mol. The number of aromatic nitrogens is 1. The summed E-state index contributed by atoms with van der Waals surface area (Å²) in [6, 6.07) is 8.39. The fourth-order valence-corrected chi connectivity index (χ4v) is 1.61. The van der Waals surface area contributed by atoms with E-state index in [-0.39, 0.29) is 11.6 Å². The Bertz CT molecular complexity index is 529. The molecule has 0 fully saturated rings. The van der Waals surface area contributed by atoms with Crippen LogP contribution in [0.15, 0.2) is 36.5 Å². The highest BCUT2D eigenvalue weighted by Gasteiger charge is 2.06. The largest absolute Gasteiger partial charge is 0.494 e. The summed E-state index contributed by atoms with van der Waals surface area (Å²) in [7, 11) is 1.44. The summed E-state index contributed by atoms with van der Waals surface area (Å²) in [5, 5.41) is 0. The average molecular weight is 232 g/mol. The van der Waals surface area contributed by atoms with Crippen molar-refractivity contribution in [3.63, 3.8) is 0 Å². The third-order valence-electron chi connectivity index (χ3n) is 2.51. The molecule has 88 valence electrons. The first-order valence-electron chi connectivity index (χ1n) is 5.22. The molecular weight excluding hydrogens is 219 g/mol. The van der Waals surface area contributed by atoms with Crippen molar-refractivity contribution in [2.75, 3.05) is 12.8 Å². The Morgan fingerprint density at radius 1 is 1.35 bits per heavy atom. The van der Waals surface area contributed by atoms with Crippen LogP contribution in [-0.4, -0.2) is 12.1 Å². The van der Waals surface area contributed by atoms with Gasteiger partial charge in [0, 0.05) is 12.6 Å². The van der Waals surface area contributed by atoms with Crippen LogP contribution in [0.3, 0.4) is 0 Å². The lowest BCUT2D eigenvalue weighted by Crippen LogP contribution is -1.99. The van der Waals surface area contributed by atoms with Crippen molar-refractivity contribution in [2.24, 2.45) is 0 Å². The molecule has 0 aliphatic carbocycles. The quantitative estimate of drug-likeness (QED) is 0.884. The van der Waals surface area contributed by atoms with E-state index in [0.717, 1.165) is 11.3 Å². The van der Waals surface area contributed by atoms with Crippen molar-refractivity contribution in [2.45, 2.75) is 6.42 Å². The molecule has 0 unspecified atom stereocenters. The molecule has 2 aromatic rings. The second-order valence-corrected chi connectivity index (χ2v) is 3.68. The Hall–Kier alpha value is -2.10. The van der Waals surface area contributed by atoms with Gasteiger partial charge in [0.05, 0.1) is 18.5 Å². The van der Waals surface area contributed by atoms with E-state index in [1.807, 2.05) is 0 Å². The lowest BCUT2D eigenvalue weighted by molar-refractivity contribution is 0.386. The highest BCUT2D eigenvalue weighted by molar-refractivity contribution is 5.44. The molecule has 0 atom stereocenters. The fraction of sp³-hybridized carbons (Fsp3) is 0.154. The van der Waals surface area contributed by atoms with Crippen LogP contribution >= 0.6 is 0 Å². The third kappa shape index (κ3) is 2.53. The van der Waals surface area contributed by atoms with E-state index in [1.165, 1.54) is 13.2 Å². The van der Waals surface area contributed by atoms with Crippen molar-refractivity contribution >= 4 is 5.69 Å². The van der Waals surface area contributed by atoms with Crippen LogP contribution in [0.5, 0.6) is 5.75 Å². The first kappa shape index (κ1) is 11.4. The van der Waals surface area contributed by atoms with Gasteiger partial charge in [-0.25, -0.2) is 4.39 Å². The van der Waals surface area contributed by atoms with Crippen LogP contribution in [0.2, 0.25) is 0 Å². The van der Waals surface area contributed by atoms with Crippen LogP contribution in [0.25, 0.3) is 0 Å². The van der Waals surface area contributed by atoms with Crippen molar-refractivity contribution < 1.29 is 9.13 Å². The Morgan fingerprint density at radius 2 is 2.18 bits per heavy atom. The maximum absolute atomic E-state index is 13.5. The molecule has 1 heterocycles. The number of hydrogen-bond acceptors (Lipinski definition) is 3. The Balaban J connectivity index is 2.25. The van der Waals surface area contributed by atoms with Crippen LogP contribution in [-0.2, 0) is 6.42 Å². The fourth-order valence-electron chi connectivity index (χ4n) is 1.61. The van der Waals surface area contributed by atoms with Gasteiger partial charge in [0.2, 0.25) is 0 Å². The summed E-state index contributed by atoms with van der Waals surface area (Å²) in [6.45, 7) is 0. The first-order chi connectivity index (χ1) is 8.20. The van der Waals surface area contributed by atoms with Gasteiger partial charge in [-0.05, 0) is 29.8 Å². The topological polar surface area (TPSA) is 48.1 Å². The number of benzene rings is 1. The Labute approximate surface area is 99.1 Å². The molecule has 2 N–H and O–H groups in total. The number of nitrogens with zero attached hydrogens (tertiary/aromatic N) is 1. The highest BCUT2D eigenvalue weighted by atomic mass is 19.1. The zero-order valence-electron chi connectivity index (χ0n) is 9.48. The number of methoxy groups -OCH3 is 1. The summed E-state index contributed by atoms with van der Waals surface area (Å²) in [6.07, 6.45) is 2.18. The number of anilines is 1. The number of rotatable bonds is 3. The summed E-state index contributed by atoms with van der Waals surface area (Å²) >= 11 is 0. The number of nitrogen functional groups attached to an aromatic ring is 1. The second-order valence-electron chi connectivity index (χ2n) is 3.68. The van der Waals surface area contributed by atoms with Gasteiger partial charge in [-0.15, -0.1) is 0 Å². The molecule has 4 heteroatoms. The van der Waals surface area contributed by atoms with E-state index in [1.54, 1.807) is 30.5 Å². The van der Waals surface area contributed by atoms with Crippen LogP contribution < -0.4 is 10.5 Å².